The highest BCUT2D eigenvalue weighted by Gasteiger charge is 2.27. The molecule has 2 rings (SSSR count). The zero-order valence-corrected chi connectivity index (χ0v) is 9.91. The smallest absolute Gasteiger partial charge is 0.343 e. The fourth-order valence-electron chi connectivity index (χ4n) is 2.01. The van der Waals surface area contributed by atoms with Crippen molar-refractivity contribution in [2.75, 3.05) is 18.5 Å². The lowest BCUT2D eigenvalue weighted by molar-refractivity contribution is 0.0526. The van der Waals surface area contributed by atoms with Gasteiger partial charge in [0.15, 0.2) is 0 Å². The van der Waals surface area contributed by atoms with E-state index >= 15 is 0 Å². The number of aryl methyl sites for hydroxylation is 1. The predicted octanol–water partition coefficient (Wildman–Crippen LogP) is 1.74. The highest BCUT2D eigenvalue weighted by Crippen LogP contribution is 2.28. The highest BCUT2D eigenvalue weighted by molar-refractivity contribution is 5.96. The molecule has 1 unspecified atom stereocenters. The van der Waals surface area contributed by atoms with Gasteiger partial charge in [0.2, 0.25) is 0 Å². The zero-order valence-electron chi connectivity index (χ0n) is 9.91. The molecule has 0 saturated heterocycles. The van der Waals surface area contributed by atoms with E-state index < -0.39 is 0 Å². The fraction of sp³-hybridized carbons (Fsp3) is 0.636. The number of aromatic nitrogens is 2. The van der Waals surface area contributed by atoms with Crippen LogP contribution in [0.2, 0.25) is 0 Å². The molecule has 0 amide bonds. The van der Waals surface area contributed by atoms with Gasteiger partial charge in [-0.3, -0.25) is 0 Å². The molecule has 0 aliphatic carbocycles. The largest absolute Gasteiger partial charge is 0.462 e. The molecule has 0 aromatic carbocycles. The second-order valence-electron chi connectivity index (χ2n) is 4.04. The summed E-state index contributed by atoms with van der Waals surface area (Å²) in [4.78, 5) is 11.8. The molecule has 1 aromatic heterocycles. The van der Waals surface area contributed by atoms with Crippen molar-refractivity contribution in [3.05, 3.63) is 11.3 Å². The van der Waals surface area contributed by atoms with Gasteiger partial charge in [-0.15, -0.1) is 0 Å². The number of rotatable bonds is 2. The molecule has 0 saturated carbocycles. The Hall–Kier alpha value is -1.52. The number of nitrogens with zero attached hydrogens (tertiary/aromatic N) is 2. The lowest BCUT2D eigenvalue weighted by Crippen LogP contribution is -2.22. The van der Waals surface area contributed by atoms with Crippen LogP contribution in [0.5, 0.6) is 0 Å². The van der Waals surface area contributed by atoms with E-state index in [9.17, 15) is 4.79 Å². The summed E-state index contributed by atoms with van der Waals surface area (Å²) in [5, 5.41) is 7.61. The zero-order chi connectivity index (χ0) is 11.7. The third kappa shape index (κ3) is 1.66. The standard InChI is InChI=1S/C11H17N3O2/c1-4-16-11(15)9-8(3)13-14-7(2)5-6-12-10(9)14/h7,12H,4-6H2,1-3H3. The highest BCUT2D eigenvalue weighted by atomic mass is 16.5. The van der Waals surface area contributed by atoms with E-state index in [1.54, 1.807) is 6.92 Å². The van der Waals surface area contributed by atoms with Crippen molar-refractivity contribution in [3.8, 4) is 0 Å². The van der Waals surface area contributed by atoms with E-state index in [-0.39, 0.29) is 5.97 Å². The number of hydrogen-bond donors (Lipinski definition) is 1. The Morgan fingerprint density at radius 2 is 2.44 bits per heavy atom. The maximum atomic E-state index is 11.8. The van der Waals surface area contributed by atoms with Crippen molar-refractivity contribution in [1.82, 2.24) is 9.78 Å². The molecule has 1 aliphatic heterocycles. The van der Waals surface area contributed by atoms with Gasteiger partial charge >= 0.3 is 5.97 Å². The third-order valence-electron chi connectivity index (χ3n) is 2.84. The number of ether oxygens (including phenoxy) is 1. The van der Waals surface area contributed by atoms with E-state index in [4.69, 9.17) is 4.74 Å². The first-order chi connectivity index (χ1) is 7.65. The van der Waals surface area contributed by atoms with Gasteiger partial charge in [0.25, 0.3) is 0 Å². The molecule has 0 spiro atoms. The Morgan fingerprint density at radius 1 is 1.69 bits per heavy atom. The molecule has 16 heavy (non-hydrogen) atoms. The second-order valence-corrected chi connectivity index (χ2v) is 4.04. The van der Waals surface area contributed by atoms with Gasteiger partial charge in [-0.05, 0) is 27.2 Å². The van der Waals surface area contributed by atoms with Crippen LogP contribution in [-0.4, -0.2) is 28.9 Å². The topological polar surface area (TPSA) is 56.1 Å². The third-order valence-corrected chi connectivity index (χ3v) is 2.84. The molecule has 5 nitrogen and oxygen atoms in total. The molecule has 0 radical (unpaired) electrons. The van der Waals surface area contributed by atoms with E-state index in [2.05, 4.69) is 17.3 Å². The summed E-state index contributed by atoms with van der Waals surface area (Å²) in [5.74, 6) is 0.512. The van der Waals surface area contributed by atoms with Crippen LogP contribution in [-0.2, 0) is 4.74 Å². The predicted molar refractivity (Wildman–Crippen MR) is 60.7 cm³/mol. The Kier molecular flexibility index (Phi) is 2.85. The summed E-state index contributed by atoms with van der Waals surface area (Å²) in [5.41, 5.74) is 1.31. The molecule has 0 fully saturated rings. The van der Waals surface area contributed by atoms with Crippen LogP contribution in [0.15, 0.2) is 0 Å². The van der Waals surface area contributed by atoms with Crippen molar-refractivity contribution < 1.29 is 9.53 Å². The lowest BCUT2D eigenvalue weighted by atomic mass is 10.1. The van der Waals surface area contributed by atoms with Crippen LogP contribution < -0.4 is 5.32 Å². The molecular weight excluding hydrogens is 206 g/mol. The van der Waals surface area contributed by atoms with E-state index in [0.29, 0.717) is 18.2 Å². The Morgan fingerprint density at radius 3 is 3.12 bits per heavy atom. The SMILES string of the molecule is CCOC(=O)c1c(C)nn2c1NCCC2C. The van der Waals surface area contributed by atoms with E-state index in [1.807, 2.05) is 11.6 Å². The first kappa shape index (κ1) is 11.0. The molecule has 0 bridgehead atoms. The van der Waals surface area contributed by atoms with Crippen molar-refractivity contribution in [1.29, 1.82) is 0 Å². The maximum Gasteiger partial charge on any atom is 0.343 e. The van der Waals surface area contributed by atoms with Crippen molar-refractivity contribution >= 4 is 11.8 Å². The van der Waals surface area contributed by atoms with Crippen molar-refractivity contribution in [3.63, 3.8) is 0 Å². The van der Waals surface area contributed by atoms with Gasteiger partial charge in [0.05, 0.1) is 18.3 Å². The average Bonchev–Trinajstić information content (AvgIpc) is 2.56. The summed E-state index contributed by atoms with van der Waals surface area (Å²) in [7, 11) is 0. The first-order valence-corrected chi connectivity index (χ1v) is 5.65. The van der Waals surface area contributed by atoms with Crippen molar-refractivity contribution in [2.45, 2.75) is 33.2 Å². The first-order valence-electron chi connectivity index (χ1n) is 5.65. The number of hydrogen-bond acceptors (Lipinski definition) is 4. The number of nitrogens with one attached hydrogen (secondary N) is 1. The number of fused-ring (bicyclic) bond motifs is 1. The van der Waals surface area contributed by atoms with E-state index in [0.717, 1.165) is 24.5 Å². The Bertz CT molecular complexity index is 412. The minimum Gasteiger partial charge on any atom is -0.462 e. The van der Waals surface area contributed by atoms with Crippen LogP contribution in [0, 0.1) is 6.92 Å². The number of anilines is 1. The summed E-state index contributed by atoms with van der Waals surface area (Å²) in [6.45, 7) is 7.01. The summed E-state index contributed by atoms with van der Waals surface area (Å²) >= 11 is 0. The second kappa shape index (κ2) is 4.15. The Balaban J connectivity index is 2.42. The minimum atomic E-state index is -0.289. The molecule has 1 aliphatic rings. The lowest BCUT2D eigenvalue weighted by Gasteiger charge is -2.22. The summed E-state index contributed by atoms with van der Waals surface area (Å²) in [6.07, 6.45) is 1.02. The summed E-state index contributed by atoms with van der Waals surface area (Å²) in [6, 6.07) is 0.332. The normalized spacial score (nSPS) is 18.8. The molecule has 5 heteroatoms. The van der Waals surface area contributed by atoms with Crippen molar-refractivity contribution in [2.24, 2.45) is 0 Å². The van der Waals surface area contributed by atoms with Crippen LogP contribution in [0.3, 0.4) is 0 Å². The number of esters is 1. The average molecular weight is 223 g/mol. The van der Waals surface area contributed by atoms with Crippen LogP contribution in [0.4, 0.5) is 5.82 Å². The van der Waals surface area contributed by atoms with E-state index in [1.165, 1.54) is 0 Å². The molecule has 2 heterocycles. The molecule has 88 valence electrons. The fourth-order valence-corrected chi connectivity index (χ4v) is 2.01. The van der Waals surface area contributed by atoms with Crippen LogP contribution >= 0.6 is 0 Å². The van der Waals surface area contributed by atoms with Crippen LogP contribution in [0.25, 0.3) is 0 Å². The van der Waals surface area contributed by atoms with Crippen LogP contribution in [0.1, 0.15) is 42.4 Å². The van der Waals surface area contributed by atoms with Gasteiger partial charge in [-0.2, -0.15) is 5.10 Å². The van der Waals surface area contributed by atoms with Gasteiger partial charge in [-0.1, -0.05) is 0 Å². The number of carbonyl (C=O) groups is 1. The Labute approximate surface area is 94.8 Å². The van der Waals surface area contributed by atoms with Gasteiger partial charge in [0.1, 0.15) is 11.4 Å². The molecule has 1 aromatic rings. The maximum absolute atomic E-state index is 11.8. The number of carbonyl (C=O) groups excluding carboxylic acids is 1. The molecule has 1 atom stereocenters. The van der Waals surface area contributed by atoms with Gasteiger partial charge in [0, 0.05) is 6.54 Å². The molecule has 1 N–H and O–H groups in total. The quantitative estimate of drug-likeness (QED) is 0.776. The molecular formula is C11H17N3O2. The van der Waals surface area contributed by atoms with Gasteiger partial charge < -0.3 is 10.1 Å². The monoisotopic (exact) mass is 223 g/mol. The minimum absolute atomic E-state index is 0.289. The summed E-state index contributed by atoms with van der Waals surface area (Å²) < 4.78 is 6.92. The van der Waals surface area contributed by atoms with Gasteiger partial charge in [-0.25, -0.2) is 9.48 Å².